The van der Waals surface area contributed by atoms with Crippen LogP contribution in [-0.2, 0) is 6.18 Å². The molecule has 0 saturated carbocycles. The molecule has 0 aliphatic rings. The number of rotatable bonds is 2. The normalized spacial score (nSPS) is 11.9. The molecule has 0 fully saturated rings. The highest BCUT2D eigenvalue weighted by atomic mass is 19.4. The summed E-state index contributed by atoms with van der Waals surface area (Å²) in [6, 6.07) is 7.23. The number of nitrogens with one attached hydrogen (secondary N) is 2. The Morgan fingerprint density at radius 3 is 2.29 bits per heavy atom. The quantitative estimate of drug-likeness (QED) is 0.479. The van der Waals surface area contributed by atoms with Crippen LogP contribution in [0, 0.1) is 11.6 Å². The average molecular weight is 391 g/mol. The first kappa shape index (κ1) is 17.9. The topological polar surface area (TPSA) is 61.5 Å². The maximum Gasteiger partial charge on any atom is 0.416 e. The van der Waals surface area contributed by atoms with Crippen LogP contribution in [0.3, 0.4) is 0 Å². The lowest BCUT2D eigenvalue weighted by atomic mass is 10.0. The van der Waals surface area contributed by atoms with Gasteiger partial charge >= 0.3 is 6.18 Å². The largest absolute Gasteiger partial charge is 0.416 e. The van der Waals surface area contributed by atoms with Crippen molar-refractivity contribution in [2.45, 2.75) is 6.18 Å². The predicted octanol–water partition coefficient (Wildman–Crippen LogP) is 4.88. The number of alkyl halides is 3. The number of nitrogens with zero attached hydrogens (tertiary/aromatic N) is 1. The predicted molar refractivity (Wildman–Crippen MR) is 92.5 cm³/mol. The first-order valence-electron chi connectivity index (χ1n) is 7.98. The lowest BCUT2D eigenvalue weighted by Crippen LogP contribution is -2.04. The molecule has 0 amide bonds. The number of halogens is 5. The molecule has 28 heavy (non-hydrogen) atoms. The Morgan fingerprint density at radius 1 is 0.893 bits per heavy atom. The van der Waals surface area contributed by atoms with Gasteiger partial charge in [-0.3, -0.25) is 4.79 Å². The van der Waals surface area contributed by atoms with Gasteiger partial charge in [0.05, 0.1) is 22.2 Å². The van der Waals surface area contributed by atoms with E-state index in [4.69, 9.17) is 0 Å². The van der Waals surface area contributed by atoms with E-state index in [2.05, 4.69) is 15.0 Å². The van der Waals surface area contributed by atoms with Crippen molar-refractivity contribution < 1.29 is 22.0 Å². The van der Waals surface area contributed by atoms with Crippen LogP contribution in [-0.4, -0.2) is 15.0 Å². The summed E-state index contributed by atoms with van der Waals surface area (Å²) < 4.78 is 67.6. The molecule has 2 heterocycles. The second-order valence-corrected chi connectivity index (χ2v) is 6.07. The summed E-state index contributed by atoms with van der Waals surface area (Å²) in [5.74, 6) is -1.70. The fraction of sp³-hybridized carbons (Fsp3) is 0.0526. The van der Waals surface area contributed by atoms with Crippen LogP contribution in [0.1, 0.15) is 5.56 Å². The molecule has 9 heteroatoms. The smallest absolute Gasteiger partial charge is 0.338 e. The van der Waals surface area contributed by atoms with Crippen molar-refractivity contribution in [3.63, 3.8) is 0 Å². The van der Waals surface area contributed by atoms with E-state index in [1.165, 1.54) is 18.3 Å². The van der Waals surface area contributed by atoms with Crippen LogP contribution in [0.15, 0.2) is 53.5 Å². The zero-order valence-corrected chi connectivity index (χ0v) is 13.9. The van der Waals surface area contributed by atoms with E-state index >= 15 is 0 Å². The average Bonchev–Trinajstić information content (AvgIpc) is 3.06. The zero-order chi connectivity index (χ0) is 20.1. The highest BCUT2D eigenvalue weighted by Gasteiger charge is 2.30. The third-order valence-electron chi connectivity index (χ3n) is 4.22. The van der Waals surface area contributed by atoms with Gasteiger partial charge in [-0.25, -0.2) is 13.8 Å². The summed E-state index contributed by atoms with van der Waals surface area (Å²) in [5.41, 5.74) is -1.07. The number of aromatic nitrogens is 3. The van der Waals surface area contributed by atoms with E-state index in [1.54, 1.807) is 0 Å². The molecule has 2 aromatic heterocycles. The molecule has 0 radical (unpaired) electrons. The maximum atomic E-state index is 14.6. The molecule has 4 nitrogen and oxygen atoms in total. The van der Waals surface area contributed by atoms with Crippen LogP contribution in [0.5, 0.6) is 0 Å². The molecule has 142 valence electrons. The van der Waals surface area contributed by atoms with Crippen molar-refractivity contribution in [3.8, 4) is 22.5 Å². The number of hydrogen-bond acceptors (Lipinski definition) is 2. The third kappa shape index (κ3) is 3.15. The van der Waals surface area contributed by atoms with Crippen LogP contribution in [0.4, 0.5) is 22.0 Å². The van der Waals surface area contributed by atoms with Crippen molar-refractivity contribution in [3.05, 3.63) is 76.2 Å². The van der Waals surface area contributed by atoms with E-state index in [0.29, 0.717) is 0 Å². The van der Waals surface area contributed by atoms with E-state index in [1.807, 2.05) is 0 Å². The molecule has 0 saturated heterocycles. The number of aromatic amines is 2. The summed E-state index contributed by atoms with van der Waals surface area (Å²) in [6.07, 6.45) is -3.28. The van der Waals surface area contributed by atoms with Gasteiger partial charge in [-0.15, -0.1) is 0 Å². The Kier molecular flexibility index (Phi) is 4.02. The number of benzene rings is 2. The number of pyridine rings is 1. The maximum absolute atomic E-state index is 14.6. The first-order chi connectivity index (χ1) is 13.2. The van der Waals surface area contributed by atoms with E-state index in [9.17, 15) is 26.7 Å². The minimum atomic E-state index is -4.53. The molecule has 0 aliphatic carbocycles. The second-order valence-electron chi connectivity index (χ2n) is 6.07. The lowest BCUT2D eigenvalue weighted by molar-refractivity contribution is -0.137. The molecule has 0 spiro atoms. The van der Waals surface area contributed by atoms with E-state index in [0.717, 1.165) is 30.3 Å². The standard InChI is InChI=1S/C19H10F5N3O/c20-13-7-12(14(21)6-11(13)9-1-4-17(28)25-8-9)18-26-15-3-2-10(19(22,23)24)5-16(15)27-18/h1-8H,(H,25,28)(H,26,27). The lowest BCUT2D eigenvalue weighted by Gasteiger charge is -2.06. The fourth-order valence-electron chi connectivity index (χ4n) is 2.84. The molecule has 0 bridgehead atoms. The van der Waals surface area contributed by atoms with Gasteiger partial charge in [-0.2, -0.15) is 13.2 Å². The minimum Gasteiger partial charge on any atom is -0.338 e. The summed E-state index contributed by atoms with van der Waals surface area (Å²) in [5, 5.41) is 0. The van der Waals surface area contributed by atoms with Crippen molar-refractivity contribution in [2.24, 2.45) is 0 Å². The van der Waals surface area contributed by atoms with Crippen molar-refractivity contribution in [1.82, 2.24) is 15.0 Å². The monoisotopic (exact) mass is 391 g/mol. The second kappa shape index (κ2) is 6.29. The Hall–Kier alpha value is -3.49. The number of H-pyrrole nitrogens is 2. The molecular weight excluding hydrogens is 381 g/mol. The Bertz CT molecular complexity index is 1240. The van der Waals surface area contributed by atoms with Crippen LogP contribution >= 0.6 is 0 Å². The van der Waals surface area contributed by atoms with Gasteiger partial charge in [0.1, 0.15) is 17.5 Å². The highest BCUT2D eigenvalue weighted by Crippen LogP contribution is 2.33. The van der Waals surface area contributed by atoms with Gasteiger partial charge in [-0.1, -0.05) is 0 Å². The zero-order valence-electron chi connectivity index (χ0n) is 13.9. The molecule has 0 aliphatic heterocycles. The minimum absolute atomic E-state index is 0.0503. The SMILES string of the molecule is O=c1ccc(-c2cc(F)c(-c3nc4ccc(C(F)(F)F)cc4[nH]3)cc2F)c[nH]1. The van der Waals surface area contributed by atoms with Crippen LogP contribution in [0.2, 0.25) is 0 Å². The summed E-state index contributed by atoms with van der Waals surface area (Å²) in [4.78, 5) is 20.1. The molecule has 2 N–H and O–H groups in total. The molecule has 0 unspecified atom stereocenters. The van der Waals surface area contributed by atoms with Gasteiger partial charge in [-0.05, 0) is 36.4 Å². The van der Waals surface area contributed by atoms with Crippen LogP contribution in [0.25, 0.3) is 33.5 Å². The van der Waals surface area contributed by atoms with Gasteiger partial charge in [0, 0.05) is 23.4 Å². The highest BCUT2D eigenvalue weighted by molar-refractivity contribution is 5.81. The van der Waals surface area contributed by atoms with Crippen LogP contribution < -0.4 is 5.56 Å². The first-order valence-corrected chi connectivity index (χ1v) is 7.98. The molecule has 2 aromatic carbocycles. The number of hydrogen-bond donors (Lipinski definition) is 2. The van der Waals surface area contributed by atoms with Crippen molar-refractivity contribution >= 4 is 11.0 Å². The third-order valence-corrected chi connectivity index (χ3v) is 4.22. The van der Waals surface area contributed by atoms with E-state index in [-0.39, 0.29) is 39.1 Å². The fourth-order valence-corrected chi connectivity index (χ4v) is 2.84. The van der Waals surface area contributed by atoms with Gasteiger partial charge in [0.25, 0.3) is 0 Å². The number of fused-ring (bicyclic) bond motifs is 1. The van der Waals surface area contributed by atoms with Gasteiger partial charge < -0.3 is 9.97 Å². The van der Waals surface area contributed by atoms with Crippen molar-refractivity contribution in [1.29, 1.82) is 0 Å². The number of imidazole rings is 1. The van der Waals surface area contributed by atoms with Gasteiger partial charge in [0.2, 0.25) is 5.56 Å². The Morgan fingerprint density at radius 2 is 1.61 bits per heavy atom. The Balaban J connectivity index is 1.80. The van der Waals surface area contributed by atoms with Crippen molar-refractivity contribution in [2.75, 3.05) is 0 Å². The summed E-state index contributed by atoms with van der Waals surface area (Å²) in [6.45, 7) is 0. The molecule has 0 atom stereocenters. The van der Waals surface area contributed by atoms with Gasteiger partial charge in [0.15, 0.2) is 0 Å². The van der Waals surface area contributed by atoms with E-state index < -0.39 is 23.4 Å². The summed E-state index contributed by atoms with van der Waals surface area (Å²) >= 11 is 0. The Labute approximate surface area is 153 Å². The molecular formula is C19H10F5N3O. The molecule has 4 aromatic rings. The summed E-state index contributed by atoms with van der Waals surface area (Å²) in [7, 11) is 0. The molecule has 4 rings (SSSR count).